The molecule has 0 spiro atoms. The molecule has 0 aromatic carbocycles. The maximum absolute atomic E-state index is 12.2. The van der Waals surface area contributed by atoms with Crippen LogP contribution in [0.4, 0.5) is 0 Å². The highest BCUT2D eigenvalue weighted by Crippen LogP contribution is 2.19. The molecule has 2 amide bonds. The van der Waals surface area contributed by atoms with Gasteiger partial charge in [-0.2, -0.15) is 11.8 Å². The van der Waals surface area contributed by atoms with Crippen LogP contribution >= 0.6 is 11.8 Å². The lowest BCUT2D eigenvalue weighted by Crippen LogP contribution is -2.51. The van der Waals surface area contributed by atoms with Crippen LogP contribution in [0.15, 0.2) is 0 Å². The summed E-state index contributed by atoms with van der Waals surface area (Å²) in [6, 6.07) is 0.0187. The molecule has 108 valence electrons. The lowest BCUT2D eigenvalue weighted by Gasteiger charge is -2.31. The second-order valence-electron chi connectivity index (χ2n) is 5.42. The van der Waals surface area contributed by atoms with Gasteiger partial charge in [-0.15, -0.1) is 0 Å². The van der Waals surface area contributed by atoms with Crippen LogP contribution in [0.3, 0.4) is 0 Å². The summed E-state index contributed by atoms with van der Waals surface area (Å²) < 4.78 is 0. The van der Waals surface area contributed by atoms with E-state index in [0.717, 1.165) is 25.0 Å². The van der Waals surface area contributed by atoms with E-state index >= 15 is 0 Å². The van der Waals surface area contributed by atoms with Crippen molar-refractivity contribution in [1.82, 2.24) is 9.80 Å². The van der Waals surface area contributed by atoms with Gasteiger partial charge >= 0.3 is 11.8 Å². The Labute approximate surface area is 118 Å². The molecule has 2 saturated heterocycles. The molecule has 2 aliphatic heterocycles. The number of amides is 2. The van der Waals surface area contributed by atoms with Gasteiger partial charge in [0.25, 0.3) is 0 Å². The molecule has 5 nitrogen and oxygen atoms in total. The van der Waals surface area contributed by atoms with Crippen molar-refractivity contribution in [3.63, 3.8) is 0 Å². The molecule has 2 N–H and O–H groups in total. The van der Waals surface area contributed by atoms with Crippen LogP contribution in [0.5, 0.6) is 0 Å². The maximum atomic E-state index is 12.2. The number of nitrogens with zero attached hydrogens (tertiary/aromatic N) is 2. The highest BCUT2D eigenvalue weighted by molar-refractivity contribution is 7.99. The van der Waals surface area contributed by atoms with Crippen LogP contribution < -0.4 is 5.73 Å². The van der Waals surface area contributed by atoms with E-state index in [-0.39, 0.29) is 17.9 Å². The van der Waals surface area contributed by atoms with E-state index in [2.05, 4.69) is 6.92 Å². The smallest absolute Gasteiger partial charge is 0.312 e. The van der Waals surface area contributed by atoms with Crippen LogP contribution in [0.25, 0.3) is 0 Å². The molecule has 2 atom stereocenters. The number of nitrogens with two attached hydrogens (primary N) is 1. The number of likely N-dealkylation sites (tertiary alicyclic amines) is 1. The Balaban J connectivity index is 1.92. The Morgan fingerprint density at radius 3 is 2.58 bits per heavy atom. The number of carbonyl (C=O) groups excluding carboxylic acids is 2. The summed E-state index contributed by atoms with van der Waals surface area (Å²) >= 11 is 1.87. The zero-order valence-corrected chi connectivity index (χ0v) is 12.3. The van der Waals surface area contributed by atoms with E-state index in [1.165, 1.54) is 0 Å². The van der Waals surface area contributed by atoms with Gasteiger partial charge in [0.15, 0.2) is 0 Å². The Hall–Kier alpha value is -0.750. The lowest BCUT2D eigenvalue weighted by atomic mass is 10.1. The second-order valence-corrected chi connectivity index (χ2v) is 6.96. The van der Waals surface area contributed by atoms with Crippen LogP contribution in [-0.4, -0.2) is 64.8 Å². The number of rotatable bonds is 0. The Bertz CT molecular complexity index is 351. The predicted octanol–water partition coefficient (Wildman–Crippen LogP) is 0.290. The monoisotopic (exact) mass is 285 g/mol. The third-order valence-corrected chi connectivity index (χ3v) is 5.01. The first-order valence-electron chi connectivity index (χ1n) is 7.03. The first kappa shape index (κ1) is 14.7. The third-order valence-electron chi connectivity index (χ3n) is 3.78. The fraction of sp³-hybridized carbons (Fsp3) is 0.846. The van der Waals surface area contributed by atoms with Crippen LogP contribution in [0, 0.1) is 0 Å². The zero-order chi connectivity index (χ0) is 13.8. The number of thioether (sulfide) groups is 1. The minimum atomic E-state index is -0.366. The largest absolute Gasteiger partial charge is 0.334 e. The second kappa shape index (κ2) is 6.61. The fourth-order valence-corrected chi connectivity index (χ4v) is 3.57. The summed E-state index contributed by atoms with van der Waals surface area (Å²) in [5, 5.41) is 0.566. The SMILES string of the molecule is CC1CCN(C(=O)C(=O)N2CCCC(N)C2)CCS1. The molecule has 6 heteroatoms. The van der Waals surface area contributed by atoms with Crippen molar-refractivity contribution in [1.29, 1.82) is 0 Å². The summed E-state index contributed by atoms with van der Waals surface area (Å²) in [5.74, 6) is 0.207. The van der Waals surface area contributed by atoms with E-state index in [4.69, 9.17) is 5.73 Å². The zero-order valence-electron chi connectivity index (χ0n) is 11.5. The molecule has 2 aliphatic rings. The minimum absolute atomic E-state index is 0.0187. The predicted molar refractivity (Wildman–Crippen MR) is 76.9 cm³/mol. The topological polar surface area (TPSA) is 66.6 Å². The Kier molecular flexibility index (Phi) is 5.10. The molecule has 0 radical (unpaired) electrons. The molecule has 0 aromatic heterocycles. The number of hydrogen-bond donors (Lipinski definition) is 1. The summed E-state index contributed by atoms with van der Waals surface area (Å²) in [5.41, 5.74) is 5.86. The maximum Gasteiger partial charge on any atom is 0.312 e. The average Bonchev–Trinajstić information content (AvgIpc) is 2.62. The molecule has 0 saturated carbocycles. The molecular weight excluding hydrogens is 262 g/mol. The summed E-state index contributed by atoms with van der Waals surface area (Å²) in [6.07, 6.45) is 2.80. The molecule has 2 fully saturated rings. The van der Waals surface area contributed by atoms with E-state index in [1.807, 2.05) is 11.8 Å². The Morgan fingerprint density at radius 1 is 1.11 bits per heavy atom. The summed E-state index contributed by atoms with van der Waals surface area (Å²) in [6.45, 7) is 4.73. The van der Waals surface area contributed by atoms with Crippen LogP contribution in [0.1, 0.15) is 26.2 Å². The van der Waals surface area contributed by atoms with Gasteiger partial charge < -0.3 is 15.5 Å². The van der Waals surface area contributed by atoms with Gasteiger partial charge in [0.1, 0.15) is 0 Å². The minimum Gasteiger partial charge on any atom is -0.334 e. The van der Waals surface area contributed by atoms with Crippen LogP contribution in [0.2, 0.25) is 0 Å². The Morgan fingerprint density at radius 2 is 1.84 bits per heavy atom. The van der Waals surface area contributed by atoms with E-state index in [9.17, 15) is 9.59 Å². The van der Waals surface area contributed by atoms with E-state index in [1.54, 1.807) is 9.80 Å². The van der Waals surface area contributed by atoms with Crippen molar-refractivity contribution < 1.29 is 9.59 Å². The number of hydrogen-bond acceptors (Lipinski definition) is 4. The van der Waals surface area contributed by atoms with Crippen molar-refractivity contribution in [3.05, 3.63) is 0 Å². The number of piperidine rings is 1. The normalized spacial score (nSPS) is 28.9. The standard InChI is InChI=1S/C13H23N3O2S/c1-10-4-6-15(7-8-19-10)12(17)13(18)16-5-2-3-11(14)9-16/h10-11H,2-9,14H2,1H3. The first-order valence-corrected chi connectivity index (χ1v) is 8.08. The van der Waals surface area contributed by atoms with E-state index in [0.29, 0.717) is 31.4 Å². The van der Waals surface area contributed by atoms with E-state index < -0.39 is 0 Å². The molecular formula is C13H23N3O2S. The molecule has 2 unspecified atom stereocenters. The lowest BCUT2D eigenvalue weighted by molar-refractivity contribution is -0.152. The quantitative estimate of drug-likeness (QED) is 0.650. The highest BCUT2D eigenvalue weighted by atomic mass is 32.2. The van der Waals surface area contributed by atoms with Crippen LogP contribution in [-0.2, 0) is 9.59 Å². The third kappa shape index (κ3) is 3.86. The van der Waals surface area contributed by atoms with Gasteiger partial charge in [0.2, 0.25) is 0 Å². The first-order chi connectivity index (χ1) is 9.08. The van der Waals surface area contributed by atoms with Crippen molar-refractivity contribution >= 4 is 23.6 Å². The van der Waals surface area contributed by atoms with Gasteiger partial charge in [-0.25, -0.2) is 0 Å². The molecule has 2 heterocycles. The van der Waals surface area contributed by atoms with Crippen molar-refractivity contribution in [2.75, 3.05) is 31.9 Å². The summed E-state index contributed by atoms with van der Waals surface area (Å²) in [4.78, 5) is 27.8. The number of carbonyl (C=O) groups is 2. The molecule has 0 bridgehead atoms. The summed E-state index contributed by atoms with van der Waals surface area (Å²) in [7, 11) is 0. The fourth-order valence-electron chi connectivity index (χ4n) is 2.56. The van der Waals surface area contributed by atoms with Gasteiger partial charge in [-0.3, -0.25) is 9.59 Å². The van der Waals surface area contributed by atoms with Crippen molar-refractivity contribution in [2.45, 2.75) is 37.5 Å². The van der Waals surface area contributed by atoms with Gasteiger partial charge in [0, 0.05) is 43.2 Å². The van der Waals surface area contributed by atoms with Crippen molar-refractivity contribution in [2.24, 2.45) is 5.73 Å². The molecule has 2 rings (SSSR count). The molecule has 0 aromatic rings. The van der Waals surface area contributed by atoms with Crippen molar-refractivity contribution in [3.8, 4) is 0 Å². The highest BCUT2D eigenvalue weighted by Gasteiger charge is 2.30. The van der Waals surface area contributed by atoms with Gasteiger partial charge in [0.05, 0.1) is 0 Å². The van der Waals surface area contributed by atoms with Gasteiger partial charge in [-0.1, -0.05) is 6.92 Å². The molecule has 19 heavy (non-hydrogen) atoms. The van der Waals surface area contributed by atoms with Gasteiger partial charge in [-0.05, 0) is 19.3 Å². The average molecular weight is 285 g/mol. The molecule has 0 aliphatic carbocycles.